The third kappa shape index (κ3) is 2.84. The fourth-order valence-electron chi connectivity index (χ4n) is 2.79. The van der Waals surface area contributed by atoms with E-state index in [4.69, 9.17) is 4.52 Å². The van der Waals surface area contributed by atoms with Crippen LogP contribution in [0.25, 0.3) is 0 Å². The molecule has 7 heteroatoms. The van der Waals surface area contributed by atoms with Crippen molar-refractivity contribution in [3.8, 4) is 0 Å². The highest BCUT2D eigenvalue weighted by molar-refractivity contribution is 7.88. The van der Waals surface area contributed by atoms with Crippen LogP contribution >= 0.6 is 0 Å². The van der Waals surface area contributed by atoms with Crippen LogP contribution < -0.4 is 0 Å². The Bertz CT molecular complexity index is 727. The smallest absolute Gasteiger partial charge is 0.231 e. The molecule has 1 aliphatic rings. The van der Waals surface area contributed by atoms with Crippen molar-refractivity contribution in [3.63, 3.8) is 0 Å². The second kappa shape index (κ2) is 5.23. The van der Waals surface area contributed by atoms with Gasteiger partial charge in [0, 0.05) is 19.0 Å². The van der Waals surface area contributed by atoms with Crippen LogP contribution in [-0.2, 0) is 10.0 Å². The van der Waals surface area contributed by atoms with Gasteiger partial charge in [-0.15, -0.1) is 0 Å². The molecule has 2 heterocycles. The number of hydrogen-bond donors (Lipinski definition) is 0. The SMILES string of the molecule is Cc1noc([C@H]2CN(S(C)(=O)=O)C[C@@H]2c2ccccc2)n1. The topological polar surface area (TPSA) is 76.3 Å². The Morgan fingerprint density at radius 1 is 1.19 bits per heavy atom. The first-order valence-corrected chi connectivity index (χ1v) is 8.60. The highest BCUT2D eigenvalue weighted by Crippen LogP contribution is 2.39. The van der Waals surface area contributed by atoms with Crippen LogP contribution in [0.1, 0.15) is 29.1 Å². The molecular weight excluding hydrogens is 290 g/mol. The molecule has 6 nitrogen and oxygen atoms in total. The van der Waals surface area contributed by atoms with Crippen LogP contribution in [0.4, 0.5) is 0 Å². The molecule has 112 valence electrons. The zero-order valence-electron chi connectivity index (χ0n) is 11.9. The van der Waals surface area contributed by atoms with Gasteiger partial charge in [0.1, 0.15) is 0 Å². The molecular formula is C14H17N3O3S. The Morgan fingerprint density at radius 2 is 1.86 bits per heavy atom. The van der Waals surface area contributed by atoms with Gasteiger partial charge in [-0.2, -0.15) is 4.98 Å². The second-order valence-corrected chi connectivity index (χ2v) is 7.37. The van der Waals surface area contributed by atoms with Crippen molar-refractivity contribution in [2.24, 2.45) is 0 Å². The first kappa shape index (κ1) is 14.2. The molecule has 1 aliphatic heterocycles. The quantitative estimate of drug-likeness (QED) is 0.859. The maximum atomic E-state index is 11.9. The summed E-state index contributed by atoms with van der Waals surface area (Å²) in [7, 11) is -3.23. The first-order valence-electron chi connectivity index (χ1n) is 6.75. The predicted molar refractivity (Wildman–Crippen MR) is 77.4 cm³/mol. The van der Waals surface area contributed by atoms with E-state index in [0.717, 1.165) is 5.56 Å². The van der Waals surface area contributed by atoms with Gasteiger partial charge in [0.25, 0.3) is 0 Å². The van der Waals surface area contributed by atoms with E-state index in [-0.39, 0.29) is 11.8 Å². The van der Waals surface area contributed by atoms with Crippen molar-refractivity contribution in [2.45, 2.75) is 18.8 Å². The van der Waals surface area contributed by atoms with Crippen LogP contribution in [0.3, 0.4) is 0 Å². The van der Waals surface area contributed by atoms with E-state index in [1.54, 1.807) is 6.92 Å². The van der Waals surface area contributed by atoms with Gasteiger partial charge in [0.2, 0.25) is 15.9 Å². The highest BCUT2D eigenvalue weighted by Gasteiger charge is 2.41. The molecule has 0 saturated carbocycles. The van der Waals surface area contributed by atoms with Gasteiger partial charge >= 0.3 is 0 Å². The third-order valence-electron chi connectivity index (χ3n) is 3.84. The summed E-state index contributed by atoms with van der Waals surface area (Å²) >= 11 is 0. The number of aryl methyl sites for hydroxylation is 1. The van der Waals surface area contributed by atoms with E-state index in [9.17, 15) is 8.42 Å². The Balaban J connectivity index is 1.98. The van der Waals surface area contributed by atoms with Gasteiger partial charge in [-0.05, 0) is 12.5 Å². The van der Waals surface area contributed by atoms with Crippen LogP contribution in [-0.4, -0.2) is 42.2 Å². The zero-order chi connectivity index (χ0) is 15.0. The normalized spacial score (nSPS) is 23.5. The molecule has 1 aromatic heterocycles. The van der Waals surface area contributed by atoms with Gasteiger partial charge in [-0.3, -0.25) is 0 Å². The van der Waals surface area contributed by atoms with Crippen LogP contribution in [0.15, 0.2) is 34.9 Å². The lowest BCUT2D eigenvalue weighted by Gasteiger charge is -2.15. The van der Waals surface area contributed by atoms with Gasteiger partial charge in [0.05, 0.1) is 12.2 Å². The second-order valence-electron chi connectivity index (χ2n) is 5.38. The molecule has 1 aromatic carbocycles. The van der Waals surface area contributed by atoms with E-state index in [1.807, 2.05) is 30.3 Å². The minimum atomic E-state index is -3.23. The number of rotatable bonds is 3. The molecule has 0 bridgehead atoms. The number of sulfonamides is 1. The molecule has 1 fully saturated rings. The third-order valence-corrected chi connectivity index (χ3v) is 5.08. The summed E-state index contributed by atoms with van der Waals surface area (Å²) in [5, 5.41) is 3.82. The first-order chi connectivity index (χ1) is 9.95. The summed E-state index contributed by atoms with van der Waals surface area (Å²) in [5.74, 6) is 0.992. The van der Waals surface area contributed by atoms with Crippen molar-refractivity contribution in [1.29, 1.82) is 0 Å². The molecule has 0 unspecified atom stereocenters. The zero-order valence-corrected chi connectivity index (χ0v) is 12.7. The lowest BCUT2D eigenvalue weighted by molar-refractivity contribution is 0.345. The lowest BCUT2D eigenvalue weighted by Crippen LogP contribution is -2.27. The summed E-state index contributed by atoms with van der Waals surface area (Å²) in [5.41, 5.74) is 1.09. The van der Waals surface area contributed by atoms with Gasteiger partial charge in [0.15, 0.2) is 5.82 Å². The van der Waals surface area contributed by atoms with E-state index in [2.05, 4.69) is 10.1 Å². The summed E-state index contributed by atoms with van der Waals surface area (Å²) in [6, 6.07) is 9.86. The van der Waals surface area contributed by atoms with Crippen molar-refractivity contribution in [3.05, 3.63) is 47.6 Å². The number of benzene rings is 1. The largest absolute Gasteiger partial charge is 0.339 e. The molecule has 1 saturated heterocycles. The van der Waals surface area contributed by atoms with Crippen molar-refractivity contribution < 1.29 is 12.9 Å². The summed E-state index contributed by atoms with van der Waals surface area (Å²) in [6.07, 6.45) is 1.23. The fraction of sp³-hybridized carbons (Fsp3) is 0.429. The molecule has 2 aromatic rings. The van der Waals surface area contributed by atoms with Crippen LogP contribution in [0.5, 0.6) is 0 Å². The maximum Gasteiger partial charge on any atom is 0.231 e. The molecule has 0 N–H and O–H groups in total. The average molecular weight is 307 g/mol. The molecule has 0 radical (unpaired) electrons. The molecule has 2 atom stereocenters. The molecule has 3 rings (SSSR count). The Labute approximate surface area is 123 Å². The highest BCUT2D eigenvalue weighted by atomic mass is 32.2. The molecule has 0 aliphatic carbocycles. The van der Waals surface area contributed by atoms with E-state index in [1.165, 1.54) is 10.6 Å². The lowest BCUT2D eigenvalue weighted by atomic mass is 9.89. The van der Waals surface area contributed by atoms with Crippen molar-refractivity contribution in [2.75, 3.05) is 19.3 Å². The fourth-order valence-corrected chi connectivity index (χ4v) is 3.65. The average Bonchev–Trinajstić information content (AvgIpc) is 3.05. The predicted octanol–water partition coefficient (Wildman–Crippen LogP) is 1.52. The monoisotopic (exact) mass is 307 g/mol. The maximum absolute atomic E-state index is 11.9. The van der Waals surface area contributed by atoms with E-state index < -0.39 is 10.0 Å². The Morgan fingerprint density at radius 3 is 2.43 bits per heavy atom. The summed E-state index contributed by atoms with van der Waals surface area (Å²) in [4.78, 5) is 4.29. The Hall–Kier alpha value is -1.73. The summed E-state index contributed by atoms with van der Waals surface area (Å²) < 4.78 is 30.5. The van der Waals surface area contributed by atoms with Gasteiger partial charge < -0.3 is 4.52 Å². The van der Waals surface area contributed by atoms with Gasteiger partial charge in [-0.1, -0.05) is 35.5 Å². The van der Waals surface area contributed by atoms with E-state index in [0.29, 0.717) is 24.8 Å². The standard InChI is InChI=1S/C14H17N3O3S/c1-10-15-14(20-16-10)13-9-17(21(2,18)19)8-12(13)11-6-4-3-5-7-11/h3-7,12-13H,8-9H2,1-2H3/t12-,13+/m1/s1. The van der Waals surface area contributed by atoms with Crippen LogP contribution in [0, 0.1) is 6.92 Å². The van der Waals surface area contributed by atoms with Crippen LogP contribution in [0.2, 0.25) is 0 Å². The molecule has 0 spiro atoms. The molecule has 0 amide bonds. The Kier molecular flexibility index (Phi) is 3.54. The molecule has 21 heavy (non-hydrogen) atoms. The minimum Gasteiger partial charge on any atom is -0.339 e. The van der Waals surface area contributed by atoms with Crippen molar-refractivity contribution in [1.82, 2.24) is 14.4 Å². The van der Waals surface area contributed by atoms with E-state index >= 15 is 0 Å². The number of nitrogens with zero attached hydrogens (tertiary/aromatic N) is 3. The minimum absolute atomic E-state index is 0.0285. The van der Waals surface area contributed by atoms with Crippen molar-refractivity contribution >= 4 is 10.0 Å². The number of aromatic nitrogens is 2. The van der Waals surface area contributed by atoms with Gasteiger partial charge in [-0.25, -0.2) is 12.7 Å². The summed E-state index contributed by atoms with van der Waals surface area (Å²) in [6.45, 7) is 2.57. The number of hydrogen-bond acceptors (Lipinski definition) is 5.